The molecule has 1 aromatic rings. The number of nitrogens with one attached hydrogen (secondary N) is 2. The summed E-state index contributed by atoms with van der Waals surface area (Å²) in [5, 5.41) is 13.6. The van der Waals surface area contributed by atoms with Crippen molar-refractivity contribution in [2.45, 2.75) is 52.0 Å². The van der Waals surface area contributed by atoms with Crippen LogP contribution in [0.2, 0.25) is 0 Å². The Kier molecular flexibility index (Phi) is 5.95. The monoisotopic (exact) mass is 324 g/mol. The number of nitrogens with zero attached hydrogens (tertiary/aromatic N) is 4. The second kappa shape index (κ2) is 7.74. The van der Waals surface area contributed by atoms with Crippen molar-refractivity contribution in [2.24, 2.45) is 7.05 Å². The van der Waals surface area contributed by atoms with E-state index >= 15 is 0 Å². The lowest BCUT2D eigenvalue weighted by molar-refractivity contribution is -0.0778. The summed E-state index contributed by atoms with van der Waals surface area (Å²) in [5.41, 5.74) is 0. The van der Waals surface area contributed by atoms with Crippen molar-refractivity contribution >= 4 is 6.03 Å². The third kappa shape index (κ3) is 4.90. The van der Waals surface area contributed by atoms with Gasteiger partial charge in [-0.25, -0.2) is 4.79 Å². The maximum absolute atomic E-state index is 12.1. The Hall–Kier alpha value is -1.67. The summed E-state index contributed by atoms with van der Waals surface area (Å²) in [5.74, 6) is 0.726. The summed E-state index contributed by atoms with van der Waals surface area (Å²) in [6, 6.07) is -0.123. The number of hydrogen-bond acceptors (Lipinski definition) is 5. The van der Waals surface area contributed by atoms with Crippen LogP contribution in [0.3, 0.4) is 0 Å². The van der Waals surface area contributed by atoms with E-state index in [0.717, 1.165) is 18.9 Å². The molecule has 1 aliphatic rings. The van der Waals surface area contributed by atoms with Gasteiger partial charge in [0.2, 0.25) is 0 Å². The number of carbonyl (C=O) groups excluding carboxylic acids is 1. The summed E-state index contributed by atoms with van der Waals surface area (Å²) < 4.78 is 7.54. The molecule has 2 rings (SSSR count). The second-order valence-corrected chi connectivity index (χ2v) is 6.44. The first kappa shape index (κ1) is 17.7. The highest BCUT2D eigenvalue weighted by molar-refractivity contribution is 5.74. The third-order valence-electron chi connectivity index (χ3n) is 4.11. The summed E-state index contributed by atoms with van der Waals surface area (Å²) in [6.45, 7) is 10.6. The molecule has 0 radical (unpaired) electrons. The summed E-state index contributed by atoms with van der Waals surface area (Å²) in [6.07, 6.45) is 2.07. The van der Waals surface area contributed by atoms with Crippen molar-refractivity contribution in [3.05, 3.63) is 12.2 Å². The maximum Gasteiger partial charge on any atom is 0.315 e. The van der Waals surface area contributed by atoms with Crippen LogP contribution in [0.4, 0.5) is 4.79 Å². The smallest absolute Gasteiger partial charge is 0.315 e. The number of morpholine rings is 1. The molecule has 0 aliphatic carbocycles. The predicted octanol–water partition coefficient (Wildman–Crippen LogP) is 0.673. The van der Waals surface area contributed by atoms with E-state index in [1.807, 2.05) is 14.0 Å². The van der Waals surface area contributed by atoms with Gasteiger partial charge in [-0.1, -0.05) is 0 Å². The van der Waals surface area contributed by atoms with Gasteiger partial charge in [0.25, 0.3) is 0 Å². The molecular formula is C15H28N6O2. The summed E-state index contributed by atoms with van der Waals surface area (Å²) in [4.78, 5) is 14.4. The van der Waals surface area contributed by atoms with E-state index in [0.29, 0.717) is 6.54 Å². The molecule has 0 aromatic carbocycles. The van der Waals surface area contributed by atoms with Gasteiger partial charge in [0.1, 0.15) is 6.33 Å². The molecule has 23 heavy (non-hydrogen) atoms. The minimum absolute atomic E-state index is 0.193. The van der Waals surface area contributed by atoms with Gasteiger partial charge < -0.3 is 19.9 Å². The molecule has 2 heterocycles. The molecule has 1 aromatic heterocycles. The molecule has 1 aliphatic heterocycles. The van der Waals surface area contributed by atoms with Gasteiger partial charge in [0, 0.05) is 32.7 Å². The average molecular weight is 324 g/mol. The topological polar surface area (TPSA) is 84.3 Å². The number of hydrogen-bond donors (Lipinski definition) is 2. The lowest BCUT2D eigenvalue weighted by Crippen LogP contribution is -2.53. The molecule has 130 valence electrons. The molecule has 0 bridgehead atoms. The number of rotatable bonds is 5. The fourth-order valence-electron chi connectivity index (χ4n) is 2.94. The van der Waals surface area contributed by atoms with Crippen LogP contribution in [0.15, 0.2) is 6.33 Å². The normalized spacial score (nSPS) is 24.9. The molecule has 4 unspecified atom stereocenters. The van der Waals surface area contributed by atoms with Crippen molar-refractivity contribution in [1.82, 2.24) is 30.3 Å². The van der Waals surface area contributed by atoms with Gasteiger partial charge in [-0.15, -0.1) is 10.2 Å². The van der Waals surface area contributed by atoms with Crippen molar-refractivity contribution in [3.63, 3.8) is 0 Å². The van der Waals surface area contributed by atoms with E-state index in [-0.39, 0.29) is 30.3 Å². The molecule has 1 saturated heterocycles. The van der Waals surface area contributed by atoms with Crippen molar-refractivity contribution < 1.29 is 9.53 Å². The Bertz CT molecular complexity index is 510. The zero-order valence-corrected chi connectivity index (χ0v) is 14.6. The Labute approximate surface area is 137 Å². The van der Waals surface area contributed by atoms with Gasteiger partial charge in [-0.05, 0) is 27.7 Å². The fourth-order valence-corrected chi connectivity index (χ4v) is 2.94. The molecule has 2 amide bonds. The minimum Gasteiger partial charge on any atom is -0.373 e. The van der Waals surface area contributed by atoms with Gasteiger partial charge in [0.05, 0.1) is 18.2 Å². The molecule has 8 nitrogen and oxygen atoms in total. The number of aromatic nitrogens is 3. The van der Waals surface area contributed by atoms with Gasteiger partial charge in [-0.2, -0.15) is 0 Å². The second-order valence-electron chi connectivity index (χ2n) is 6.44. The number of aryl methyl sites for hydroxylation is 1. The largest absolute Gasteiger partial charge is 0.373 e. The van der Waals surface area contributed by atoms with E-state index in [4.69, 9.17) is 4.74 Å². The summed E-state index contributed by atoms with van der Waals surface area (Å²) in [7, 11) is 1.86. The van der Waals surface area contributed by atoms with Crippen LogP contribution in [0, 0.1) is 0 Å². The van der Waals surface area contributed by atoms with Crippen molar-refractivity contribution in [2.75, 3.05) is 19.6 Å². The maximum atomic E-state index is 12.1. The van der Waals surface area contributed by atoms with Crippen molar-refractivity contribution in [1.29, 1.82) is 0 Å². The fraction of sp³-hybridized carbons (Fsp3) is 0.800. The molecular weight excluding hydrogens is 296 g/mol. The average Bonchev–Trinajstić information content (AvgIpc) is 2.90. The first-order valence-corrected chi connectivity index (χ1v) is 8.14. The highest BCUT2D eigenvalue weighted by atomic mass is 16.5. The lowest BCUT2D eigenvalue weighted by atomic mass is 10.2. The Balaban J connectivity index is 1.76. The van der Waals surface area contributed by atoms with Crippen LogP contribution < -0.4 is 10.6 Å². The minimum atomic E-state index is -0.193. The molecule has 1 fully saturated rings. The third-order valence-corrected chi connectivity index (χ3v) is 4.11. The van der Waals surface area contributed by atoms with E-state index in [1.54, 1.807) is 10.9 Å². The first-order valence-electron chi connectivity index (χ1n) is 8.14. The van der Waals surface area contributed by atoms with Crippen LogP contribution in [0.1, 0.15) is 39.6 Å². The molecule has 4 atom stereocenters. The lowest BCUT2D eigenvalue weighted by Gasteiger charge is -2.39. The molecule has 0 saturated carbocycles. The van der Waals surface area contributed by atoms with Gasteiger partial charge in [0.15, 0.2) is 5.82 Å². The first-order chi connectivity index (χ1) is 10.9. The molecule has 8 heteroatoms. The highest BCUT2D eigenvalue weighted by Gasteiger charge is 2.26. The van der Waals surface area contributed by atoms with Crippen molar-refractivity contribution in [3.8, 4) is 0 Å². The van der Waals surface area contributed by atoms with E-state index in [1.165, 1.54) is 0 Å². The van der Waals surface area contributed by atoms with Gasteiger partial charge >= 0.3 is 6.03 Å². The number of carbonyl (C=O) groups is 1. The zero-order valence-electron chi connectivity index (χ0n) is 14.6. The van der Waals surface area contributed by atoms with Crippen LogP contribution in [0.25, 0.3) is 0 Å². The molecule has 2 N–H and O–H groups in total. The quantitative estimate of drug-likeness (QED) is 0.832. The number of urea groups is 1. The van der Waals surface area contributed by atoms with E-state index in [9.17, 15) is 4.79 Å². The van der Waals surface area contributed by atoms with Crippen LogP contribution in [-0.4, -0.2) is 63.6 Å². The number of amides is 2. The number of ether oxygens (including phenoxy) is 1. The van der Waals surface area contributed by atoms with Crippen LogP contribution >= 0.6 is 0 Å². The Morgan fingerprint density at radius 2 is 2.04 bits per heavy atom. The van der Waals surface area contributed by atoms with Gasteiger partial charge in [-0.3, -0.25) is 4.90 Å². The Morgan fingerprint density at radius 3 is 2.61 bits per heavy atom. The SMILES string of the molecule is CC1CN(C(C)CNC(=O)NC(C)c2nncn2C)CC(C)O1. The highest BCUT2D eigenvalue weighted by Crippen LogP contribution is 2.13. The van der Waals surface area contributed by atoms with Crippen LogP contribution in [0.5, 0.6) is 0 Å². The summed E-state index contributed by atoms with van der Waals surface area (Å²) >= 11 is 0. The standard InChI is InChI=1S/C15H28N6O2/c1-10(21-7-11(2)23-12(3)8-21)6-16-15(22)18-13(4)14-19-17-9-20(14)5/h9-13H,6-8H2,1-5H3,(H2,16,18,22). The van der Waals surface area contributed by atoms with E-state index < -0.39 is 0 Å². The predicted molar refractivity (Wildman–Crippen MR) is 87.0 cm³/mol. The molecule has 0 spiro atoms. The van der Waals surface area contributed by atoms with E-state index in [2.05, 4.69) is 46.5 Å². The Morgan fingerprint density at radius 1 is 1.39 bits per heavy atom. The zero-order chi connectivity index (χ0) is 17.0. The van der Waals surface area contributed by atoms with Crippen LogP contribution in [-0.2, 0) is 11.8 Å².